The molecule has 0 fully saturated rings. The first-order valence-electron chi connectivity index (χ1n) is 10.2. The van der Waals surface area contributed by atoms with Gasteiger partial charge in [-0.15, -0.1) is 0 Å². The molecule has 1 aliphatic rings. The first kappa shape index (κ1) is 18.5. The molecule has 1 amide bonds. The number of hydrogen-bond donors (Lipinski definition) is 0. The second-order valence-electron chi connectivity index (χ2n) is 7.86. The molecule has 150 valence electrons. The zero-order valence-electron chi connectivity index (χ0n) is 17.3. The van der Waals surface area contributed by atoms with E-state index in [1.165, 1.54) is 5.56 Å². The van der Waals surface area contributed by atoms with Crippen molar-refractivity contribution in [2.24, 2.45) is 7.05 Å². The maximum absolute atomic E-state index is 13.3. The summed E-state index contributed by atoms with van der Waals surface area (Å²) in [5.74, 6) is 0.0332. The van der Waals surface area contributed by atoms with E-state index in [4.69, 9.17) is 5.10 Å². The second kappa shape index (κ2) is 7.06. The summed E-state index contributed by atoms with van der Waals surface area (Å²) < 4.78 is 1.94. The summed E-state index contributed by atoms with van der Waals surface area (Å²) in [6.45, 7) is 4.72. The van der Waals surface area contributed by atoms with Crippen molar-refractivity contribution in [3.63, 3.8) is 0 Å². The second-order valence-corrected chi connectivity index (χ2v) is 7.86. The number of fused-ring (bicyclic) bond motifs is 2. The van der Waals surface area contributed by atoms with Crippen LogP contribution in [-0.4, -0.2) is 37.1 Å². The minimum Gasteiger partial charge on any atom is -0.330 e. The van der Waals surface area contributed by atoms with Gasteiger partial charge in [-0.2, -0.15) is 5.10 Å². The fraction of sp³-hybridized carbons (Fsp3) is 0.250. The summed E-state index contributed by atoms with van der Waals surface area (Å²) in [5, 5.41) is 5.78. The number of rotatable bonds is 2. The van der Waals surface area contributed by atoms with Crippen molar-refractivity contribution < 1.29 is 4.79 Å². The fourth-order valence-corrected chi connectivity index (χ4v) is 4.45. The molecule has 4 heterocycles. The first-order valence-corrected chi connectivity index (χ1v) is 10.2. The van der Waals surface area contributed by atoms with E-state index in [-0.39, 0.29) is 11.9 Å². The summed E-state index contributed by atoms with van der Waals surface area (Å²) in [5.41, 5.74) is 7.00. The van der Waals surface area contributed by atoms with Crippen molar-refractivity contribution in [3.8, 4) is 11.3 Å². The van der Waals surface area contributed by atoms with E-state index in [1.807, 2.05) is 66.1 Å². The molecule has 5 rings (SSSR count). The highest BCUT2D eigenvalue weighted by Gasteiger charge is 2.33. The van der Waals surface area contributed by atoms with Crippen LogP contribution < -0.4 is 0 Å². The summed E-state index contributed by atoms with van der Waals surface area (Å²) in [6.07, 6.45) is 4.38. The average molecular weight is 397 g/mol. The highest BCUT2D eigenvalue weighted by Crippen LogP contribution is 2.36. The lowest BCUT2D eigenvalue weighted by Crippen LogP contribution is -2.38. The Morgan fingerprint density at radius 2 is 1.97 bits per heavy atom. The molecular formula is C24H23N5O. The molecule has 0 saturated heterocycles. The SMILES string of the molecule is Cc1cc(-c2c3c(nn2C)[C@H](C)N(C(=O)c2ccc4ncccc4c2)CC3)ccn1. The predicted octanol–water partition coefficient (Wildman–Crippen LogP) is 4.10. The molecular weight excluding hydrogens is 374 g/mol. The minimum atomic E-state index is -0.0891. The summed E-state index contributed by atoms with van der Waals surface area (Å²) in [6, 6.07) is 13.6. The number of aryl methyl sites for hydroxylation is 2. The number of amides is 1. The van der Waals surface area contributed by atoms with E-state index in [0.29, 0.717) is 12.1 Å². The topological polar surface area (TPSA) is 63.9 Å². The summed E-state index contributed by atoms with van der Waals surface area (Å²) in [4.78, 5) is 23.9. The normalized spacial score (nSPS) is 16.0. The van der Waals surface area contributed by atoms with Crippen LogP contribution in [0.25, 0.3) is 22.2 Å². The maximum Gasteiger partial charge on any atom is 0.254 e. The van der Waals surface area contributed by atoms with Crippen molar-refractivity contribution in [1.29, 1.82) is 0 Å². The van der Waals surface area contributed by atoms with Crippen LogP contribution in [0.2, 0.25) is 0 Å². The van der Waals surface area contributed by atoms with Crippen LogP contribution in [0, 0.1) is 6.92 Å². The van der Waals surface area contributed by atoms with Crippen LogP contribution >= 0.6 is 0 Å². The number of nitrogens with zero attached hydrogens (tertiary/aromatic N) is 5. The molecule has 6 nitrogen and oxygen atoms in total. The van der Waals surface area contributed by atoms with E-state index in [2.05, 4.69) is 23.0 Å². The number of carbonyl (C=O) groups is 1. The number of benzene rings is 1. The van der Waals surface area contributed by atoms with E-state index >= 15 is 0 Å². The van der Waals surface area contributed by atoms with Gasteiger partial charge in [0.25, 0.3) is 5.91 Å². The van der Waals surface area contributed by atoms with Gasteiger partial charge >= 0.3 is 0 Å². The van der Waals surface area contributed by atoms with Crippen molar-refractivity contribution >= 4 is 16.8 Å². The number of pyridine rings is 2. The lowest BCUT2D eigenvalue weighted by Gasteiger charge is -2.33. The summed E-state index contributed by atoms with van der Waals surface area (Å²) in [7, 11) is 1.97. The number of hydrogen-bond acceptors (Lipinski definition) is 4. The zero-order chi connectivity index (χ0) is 20.8. The molecule has 0 bridgehead atoms. The lowest BCUT2D eigenvalue weighted by molar-refractivity contribution is 0.0674. The Labute approximate surface area is 175 Å². The van der Waals surface area contributed by atoms with Gasteiger partial charge in [0.2, 0.25) is 0 Å². The Morgan fingerprint density at radius 3 is 2.80 bits per heavy atom. The van der Waals surface area contributed by atoms with Gasteiger partial charge in [-0.25, -0.2) is 0 Å². The van der Waals surface area contributed by atoms with Crippen molar-refractivity contribution in [2.75, 3.05) is 6.54 Å². The largest absolute Gasteiger partial charge is 0.330 e. The van der Waals surface area contributed by atoms with Crippen molar-refractivity contribution in [1.82, 2.24) is 24.6 Å². The standard InChI is InChI=1S/C24H23N5O/c1-15-13-18(8-11-25-15)23-20-9-12-29(16(2)22(20)27-28(23)3)24(30)19-6-7-21-17(14-19)5-4-10-26-21/h4-8,10-11,13-14,16H,9,12H2,1-3H3/t16-/m0/s1. The van der Waals surface area contributed by atoms with Gasteiger partial charge in [-0.3, -0.25) is 19.4 Å². The van der Waals surface area contributed by atoms with E-state index in [1.54, 1.807) is 6.20 Å². The molecule has 6 heteroatoms. The molecule has 0 saturated carbocycles. The van der Waals surface area contributed by atoms with Gasteiger partial charge in [0.05, 0.1) is 22.9 Å². The highest BCUT2D eigenvalue weighted by molar-refractivity contribution is 5.98. The van der Waals surface area contributed by atoms with Gasteiger partial charge in [-0.1, -0.05) is 6.07 Å². The van der Waals surface area contributed by atoms with Gasteiger partial charge in [0.1, 0.15) is 0 Å². The fourth-order valence-electron chi connectivity index (χ4n) is 4.45. The Bertz CT molecular complexity index is 1280. The smallest absolute Gasteiger partial charge is 0.254 e. The van der Waals surface area contributed by atoms with E-state index in [0.717, 1.165) is 40.0 Å². The third-order valence-electron chi connectivity index (χ3n) is 5.92. The Balaban J connectivity index is 1.50. The monoisotopic (exact) mass is 397 g/mol. The maximum atomic E-state index is 13.3. The molecule has 0 aliphatic carbocycles. The number of carbonyl (C=O) groups excluding carboxylic acids is 1. The molecule has 0 spiro atoms. The van der Waals surface area contributed by atoms with Crippen molar-refractivity contribution in [2.45, 2.75) is 26.3 Å². The molecule has 1 atom stereocenters. The molecule has 0 N–H and O–H groups in total. The van der Waals surface area contributed by atoms with Crippen LogP contribution in [0.4, 0.5) is 0 Å². The Morgan fingerprint density at radius 1 is 1.10 bits per heavy atom. The lowest BCUT2D eigenvalue weighted by atomic mass is 9.95. The van der Waals surface area contributed by atoms with Gasteiger partial charge in [-0.05, 0) is 56.7 Å². The van der Waals surface area contributed by atoms with Crippen LogP contribution in [0.5, 0.6) is 0 Å². The molecule has 4 aromatic rings. The van der Waals surface area contributed by atoms with Gasteiger partial charge < -0.3 is 4.90 Å². The van der Waals surface area contributed by atoms with Crippen LogP contribution in [0.1, 0.15) is 40.3 Å². The third kappa shape index (κ3) is 2.96. The predicted molar refractivity (Wildman–Crippen MR) is 116 cm³/mol. The summed E-state index contributed by atoms with van der Waals surface area (Å²) >= 11 is 0. The Hall–Kier alpha value is -3.54. The quantitative estimate of drug-likeness (QED) is 0.511. The highest BCUT2D eigenvalue weighted by atomic mass is 16.2. The van der Waals surface area contributed by atoms with Crippen LogP contribution in [0.15, 0.2) is 54.9 Å². The molecule has 1 aromatic carbocycles. The molecule has 0 radical (unpaired) electrons. The molecule has 1 aliphatic heterocycles. The first-order chi connectivity index (χ1) is 14.5. The molecule has 0 unspecified atom stereocenters. The molecule has 3 aromatic heterocycles. The van der Waals surface area contributed by atoms with Gasteiger partial charge in [0, 0.05) is 53.8 Å². The van der Waals surface area contributed by atoms with Gasteiger partial charge in [0.15, 0.2) is 0 Å². The van der Waals surface area contributed by atoms with E-state index in [9.17, 15) is 4.79 Å². The van der Waals surface area contributed by atoms with E-state index < -0.39 is 0 Å². The third-order valence-corrected chi connectivity index (χ3v) is 5.92. The Kier molecular flexibility index (Phi) is 4.35. The zero-order valence-corrected chi connectivity index (χ0v) is 17.3. The van der Waals surface area contributed by atoms with Crippen molar-refractivity contribution in [3.05, 3.63) is 77.4 Å². The number of aromatic nitrogens is 4. The van der Waals surface area contributed by atoms with Crippen LogP contribution in [-0.2, 0) is 13.5 Å². The molecule has 30 heavy (non-hydrogen) atoms. The van der Waals surface area contributed by atoms with Crippen LogP contribution in [0.3, 0.4) is 0 Å². The average Bonchev–Trinajstić information content (AvgIpc) is 3.10. The minimum absolute atomic E-state index is 0.0332.